The number of hydrogen-bond acceptors (Lipinski definition) is 9. The highest BCUT2D eigenvalue weighted by atomic mass is 35.5. The van der Waals surface area contributed by atoms with Crippen LogP contribution in [0.5, 0.6) is 11.6 Å². The Morgan fingerprint density at radius 2 is 1.90 bits per heavy atom. The molecule has 156 valence electrons. The topological polar surface area (TPSA) is 146 Å². The first-order valence-corrected chi connectivity index (χ1v) is 9.73. The molecule has 0 saturated heterocycles. The lowest BCUT2D eigenvalue weighted by Crippen LogP contribution is -2.35. The number of methoxy groups -OCH3 is 2. The molecule has 2 amide bonds. The Morgan fingerprint density at radius 1 is 1.17 bits per heavy atom. The number of esters is 1. The molecule has 1 aromatic heterocycles. The van der Waals surface area contributed by atoms with Crippen LogP contribution >= 0.6 is 11.6 Å². The van der Waals surface area contributed by atoms with Gasteiger partial charge in [0.1, 0.15) is 10.6 Å². The van der Waals surface area contributed by atoms with Crippen molar-refractivity contribution in [2.75, 3.05) is 26.1 Å². The van der Waals surface area contributed by atoms with E-state index in [0.29, 0.717) is 5.69 Å². The Hall–Kier alpha value is -3.12. The maximum Gasteiger partial charge on any atom is 0.343 e. The molecule has 0 aliphatic carbocycles. The molecule has 0 bridgehead atoms. The van der Waals surface area contributed by atoms with E-state index in [1.807, 2.05) is 0 Å². The first-order valence-electron chi connectivity index (χ1n) is 7.87. The number of amides is 2. The van der Waals surface area contributed by atoms with Crippen molar-refractivity contribution in [2.24, 2.45) is 0 Å². The monoisotopic (exact) mass is 444 g/mol. The standard InChI is InChI=1S/C16H17ClN4O7S/c1-9-6-13(26-2)19-15(18-9)20-16(23)21-29(24,25)12-7-10(17)4-5-11(12)28-8-14(22)27-3/h4-7H,8H2,1-3H3,(H2,18,19,20,21,23). The maximum absolute atomic E-state index is 12.6. The normalized spacial score (nSPS) is 10.8. The number of aryl methyl sites for hydroxylation is 1. The number of anilines is 1. The average molecular weight is 445 g/mol. The molecule has 2 aromatic rings. The van der Waals surface area contributed by atoms with E-state index in [-0.39, 0.29) is 22.6 Å². The molecular formula is C16H17ClN4O7S. The highest BCUT2D eigenvalue weighted by molar-refractivity contribution is 7.90. The van der Waals surface area contributed by atoms with Crippen LogP contribution in [0.2, 0.25) is 5.02 Å². The predicted octanol–water partition coefficient (Wildman–Crippen LogP) is 1.51. The fourth-order valence-electron chi connectivity index (χ4n) is 2.01. The van der Waals surface area contributed by atoms with Gasteiger partial charge in [-0.1, -0.05) is 11.6 Å². The van der Waals surface area contributed by atoms with E-state index in [0.717, 1.165) is 13.2 Å². The molecule has 0 unspecified atom stereocenters. The fraction of sp³-hybridized carbons (Fsp3) is 0.250. The summed E-state index contributed by atoms with van der Waals surface area (Å²) in [4.78, 5) is 30.8. The minimum Gasteiger partial charge on any atom is -0.481 e. The van der Waals surface area contributed by atoms with Gasteiger partial charge in [0.05, 0.1) is 14.2 Å². The van der Waals surface area contributed by atoms with Gasteiger partial charge in [-0.2, -0.15) is 4.98 Å². The van der Waals surface area contributed by atoms with Crippen molar-refractivity contribution < 1.29 is 32.2 Å². The molecule has 2 rings (SSSR count). The molecule has 13 heteroatoms. The number of benzene rings is 1. The summed E-state index contributed by atoms with van der Waals surface area (Å²) >= 11 is 5.86. The van der Waals surface area contributed by atoms with Crippen LogP contribution in [0.4, 0.5) is 10.7 Å². The van der Waals surface area contributed by atoms with E-state index in [4.69, 9.17) is 21.1 Å². The van der Waals surface area contributed by atoms with Crippen LogP contribution in [0.1, 0.15) is 5.69 Å². The van der Waals surface area contributed by atoms with Crippen LogP contribution in [-0.4, -0.2) is 51.2 Å². The van der Waals surface area contributed by atoms with Gasteiger partial charge in [0.2, 0.25) is 11.8 Å². The van der Waals surface area contributed by atoms with Crippen LogP contribution in [-0.2, 0) is 19.6 Å². The molecule has 0 radical (unpaired) electrons. The van der Waals surface area contributed by atoms with Gasteiger partial charge in [0, 0.05) is 16.8 Å². The number of ether oxygens (including phenoxy) is 3. The Kier molecular flexibility index (Phi) is 7.18. The van der Waals surface area contributed by atoms with E-state index < -0.39 is 33.5 Å². The summed E-state index contributed by atoms with van der Waals surface area (Å²) < 4.78 is 41.6. The lowest BCUT2D eigenvalue weighted by Gasteiger charge is -2.13. The Morgan fingerprint density at radius 3 is 2.55 bits per heavy atom. The third kappa shape index (κ3) is 6.19. The van der Waals surface area contributed by atoms with E-state index in [1.54, 1.807) is 11.6 Å². The number of halogens is 1. The first-order chi connectivity index (χ1) is 13.6. The van der Waals surface area contributed by atoms with E-state index in [9.17, 15) is 18.0 Å². The van der Waals surface area contributed by atoms with Crippen LogP contribution in [0, 0.1) is 6.92 Å². The zero-order valence-electron chi connectivity index (χ0n) is 15.6. The van der Waals surface area contributed by atoms with Crippen molar-refractivity contribution in [3.8, 4) is 11.6 Å². The maximum atomic E-state index is 12.6. The lowest BCUT2D eigenvalue weighted by atomic mass is 10.3. The van der Waals surface area contributed by atoms with Crippen LogP contribution in [0.3, 0.4) is 0 Å². The minimum absolute atomic E-state index is 0.0722. The van der Waals surface area contributed by atoms with Gasteiger partial charge >= 0.3 is 12.0 Å². The van der Waals surface area contributed by atoms with E-state index in [2.05, 4.69) is 20.0 Å². The largest absolute Gasteiger partial charge is 0.481 e. The number of sulfonamides is 1. The number of urea groups is 1. The van der Waals surface area contributed by atoms with Crippen LogP contribution < -0.4 is 19.5 Å². The van der Waals surface area contributed by atoms with Gasteiger partial charge < -0.3 is 14.2 Å². The second-order valence-electron chi connectivity index (χ2n) is 5.39. The molecule has 29 heavy (non-hydrogen) atoms. The second-order valence-corrected chi connectivity index (χ2v) is 7.48. The quantitative estimate of drug-likeness (QED) is 0.606. The number of carbonyl (C=O) groups excluding carboxylic acids is 2. The summed E-state index contributed by atoms with van der Waals surface area (Å²) in [5.74, 6) is -0.903. The van der Waals surface area contributed by atoms with E-state index >= 15 is 0 Å². The lowest BCUT2D eigenvalue weighted by molar-refractivity contribution is -0.142. The molecule has 11 nitrogen and oxygen atoms in total. The highest BCUT2D eigenvalue weighted by Crippen LogP contribution is 2.27. The number of carbonyl (C=O) groups is 2. The number of aromatic nitrogens is 2. The zero-order chi connectivity index (χ0) is 21.6. The van der Waals surface area contributed by atoms with Crippen LogP contribution in [0.15, 0.2) is 29.2 Å². The molecular weight excluding hydrogens is 428 g/mol. The van der Waals surface area contributed by atoms with Gasteiger partial charge in [-0.3, -0.25) is 5.32 Å². The highest BCUT2D eigenvalue weighted by Gasteiger charge is 2.24. The van der Waals surface area contributed by atoms with Crippen LogP contribution in [0.25, 0.3) is 0 Å². The third-order valence-corrected chi connectivity index (χ3v) is 4.85. The minimum atomic E-state index is -4.42. The number of nitrogens with zero attached hydrogens (tertiary/aromatic N) is 2. The molecule has 0 aliphatic heterocycles. The molecule has 2 N–H and O–H groups in total. The van der Waals surface area contributed by atoms with Gasteiger partial charge in [-0.25, -0.2) is 27.7 Å². The average Bonchev–Trinajstić information content (AvgIpc) is 2.65. The Labute approximate surface area is 171 Å². The summed E-state index contributed by atoms with van der Waals surface area (Å²) in [5, 5.41) is 2.27. The molecule has 1 heterocycles. The molecule has 0 fully saturated rings. The molecule has 0 spiro atoms. The Bertz CT molecular complexity index is 1030. The van der Waals surface area contributed by atoms with Crippen molar-refractivity contribution in [1.82, 2.24) is 14.7 Å². The summed E-state index contributed by atoms with van der Waals surface area (Å²) in [5.41, 5.74) is 0.489. The van der Waals surface area contributed by atoms with Gasteiger partial charge in [0.25, 0.3) is 10.0 Å². The smallest absolute Gasteiger partial charge is 0.343 e. The Balaban J connectivity index is 2.22. The van der Waals surface area contributed by atoms with Crippen molar-refractivity contribution in [3.63, 3.8) is 0 Å². The number of rotatable bonds is 7. The predicted molar refractivity (Wildman–Crippen MR) is 102 cm³/mol. The zero-order valence-corrected chi connectivity index (χ0v) is 17.1. The molecule has 1 aromatic carbocycles. The van der Waals surface area contributed by atoms with Gasteiger partial charge in [-0.15, -0.1) is 0 Å². The van der Waals surface area contributed by atoms with Crippen molar-refractivity contribution >= 4 is 39.6 Å². The van der Waals surface area contributed by atoms with Crippen molar-refractivity contribution in [2.45, 2.75) is 11.8 Å². The SMILES string of the molecule is COC(=O)COc1ccc(Cl)cc1S(=O)(=O)NC(=O)Nc1nc(C)cc(OC)n1. The molecule has 0 aliphatic rings. The molecule has 0 saturated carbocycles. The van der Waals surface area contributed by atoms with Crippen molar-refractivity contribution in [3.05, 3.63) is 35.0 Å². The molecule has 0 atom stereocenters. The number of hydrogen-bond donors (Lipinski definition) is 2. The summed E-state index contributed by atoms with van der Waals surface area (Å²) in [6.07, 6.45) is 0. The number of nitrogens with one attached hydrogen (secondary N) is 2. The fourth-order valence-corrected chi connectivity index (χ4v) is 3.33. The summed E-state index contributed by atoms with van der Waals surface area (Å²) in [6.45, 7) is 1.10. The van der Waals surface area contributed by atoms with Gasteiger partial charge in [-0.05, 0) is 25.1 Å². The third-order valence-electron chi connectivity index (χ3n) is 3.26. The van der Waals surface area contributed by atoms with Crippen molar-refractivity contribution in [1.29, 1.82) is 0 Å². The summed E-state index contributed by atoms with van der Waals surface area (Å²) in [7, 11) is -1.89. The van der Waals surface area contributed by atoms with Gasteiger partial charge in [0.15, 0.2) is 6.61 Å². The first kappa shape index (κ1) is 22.2. The summed E-state index contributed by atoms with van der Waals surface area (Å²) in [6, 6.07) is 4.07. The second kappa shape index (κ2) is 9.39. The van der Waals surface area contributed by atoms with E-state index in [1.165, 1.54) is 25.3 Å².